The van der Waals surface area contributed by atoms with E-state index in [2.05, 4.69) is 5.32 Å². The number of carbonyl (C=O) groups is 3. The number of Topliss-reactive ketones (excluding diaryl/α,β-unsaturated/α-hetero) is 2. The van der Waals surface area contributed by atoms with Crippen LogP contribution in [0.4, 0.5) is 13.2 Å². The first kappa shape index (κ1) is 24.4. The van der Waals surface area contributed by atoms with Crippen LogP contribution in [0.15, 0.2) is 6.07 Å². The molecule has 1 aromatic rings. The lowest BCUT2D eigenvalue weighted by Crippen LogP contribution is -2.62. The third-order valence-electron chi connectivity index (χ3n) is 5.96. The summed E-state index contributed by atoms with van der Waals surface area (Å²) in [6.07, 6.45) is 0.606. The van der Waals surface area contributed by atoms with Gasteiger partial charge in [-0.1, -0.05) is 32.4 Å². The predicted octanol–water partition coefficient (Wildman–Crippen LogP) is 5.11. The zero-order chi connectivity index (χ0) is 23.0. The average Bonchev–Trinajstić information content (AvgIpc) is 2.56. The number of nitrogens with one attached hydrogen (secondary N) is 1. The normalized spacial score (nSPS) is 22.2. The minimum absolute atomic E-state index is 0.0362. The topological polar surface area (TPSA) is 63.2 Å². The Morgan fingerprint density at radius 2 is 1.73 bits per heavy atom. The predicted molar refractivity (Wildman–Crippen MR) is 108 cm³/mol. The molecule has 1 amide bonds. The van der Waals surface area contributed by atoms with Crippen LogP contribution in [0.2, 0.25) is 5.02 Å². The Morgan fingerprint density at radius 3 is 2.20 bits per heavy atom. The number of hydrogen-bond acceptors (Lipinski definition) is 3. The average molecular weight is 446 g/mol. The minimum atomic E-state index is -1.17. The van der Waals surface area contributed by atoms with Gasteiger partial charge in [0.25, 0.3) is 0 Å². The van der Waals surface area contributed by atoms with Crippen molar-refractivity contribution in [2.45, 2.75) is 71.8 Å². The smallest absolute Gasteiger partial charge is 0.217 e. The summed E-state index contributed by atoms with van der Waals surface area (Å²) in [5, 5.41) is 1.86. The van der Waals surface area contributed by atoms with Gasteiger partial charge in [-0.05, 0) is 37.5 Å². The summed E-state index contributed by atoms with van der Waals surface area (Å²) < 4.78 is 42.6. The Hall–Kier alpha value is -1.89. The van der Waals surface area contributed by atoms with E-state index >= 15 is 0 Å². The van der Waals surface area contributed by atoms with Crippen molar-refractivity contribution in [1.29, 1.82) is 0 Å². The van der Waals surface area contributed by atoms with Crippen LogP contribution in [0.3, 0.4) is 0 Å². The van der Waals surface area contributed by atoms with Gasteiger partial charge in [0.2, 0.25) is 5.91 Å². The minimum Gasteiger partial charge on any atom is -0.344 e. The summed E-state index contributed by atoms with van der Waals surface area (Å²) in [5.74, 6) is -5.17. The second kappa shape index (κ2) is 8.69. The highest BCUT2D eigenvalue weighted by Crippen LogP contribution is 2.45. The number of halogens is 4. The van der Waals surface area contributed by atoms with Crippen molar-refractivity contribution in [3.8, 4) is 0 Å². The molecule has 0 unspecified atom stereocenters. The second-order valence-corrected chi connectivity index (χ2v) is 9.61. The molecule has 1 aliphatic rings. The van der Waals surface area contributed by atoms with Gasteiger partial charge in [-0.15, -0.1) is 0 Å². The molecular weight excluding hydrogens is 419 g/mol. The molecule has 30 heavy (non-hydrogen) atoms. The first-order valence-electron chi connectivity index (χ1n) is 9.85. The molecule has 2 rings (SSSR count). The van der Waals surface area contributed by atoms with E-state index in [1.165, 1.54) is 13.8 Å². The highest BCUT2D eigenvalue weighted by atomic mass is 35.5. The van der Waals surface area contributed by atoms with Crippen LogP contribution in [0.25, 0.3) is 0 Å². The Balaban J connectivity index is 2.16. The van der Waals surface area contributed by atoms with Gasteiger partial charge in [-0.3, -0.25) is 14.4 Å². The number of ketones is 2. The monoisotopic (exact) mass is 445 g/mol. The molecule has 0 aliphatic heterocycles. The highest BCUT2D eigenvalue weighted by Gasteiger charge is 2.51. The van der Waals surface area contributed by atoms with E-state index in [9.17, 15) is 27.6 Å². The van der Waals surface area contributed by atoms with E-state index in [-0.39, 0.29) is 48.7 Å². The highest BCUT2D eigenvalue weighted by molar-refractivity contribution is 6.31. The van der Waals surface area contributed by atoms with E-state index in [4.69, 9.17) is 11.6 Å². The Kier molecular flexibility index (Phi) is 7.06. The third-order valence-corrected chi connectivity index (χ3v) is 6.30. The fourth-order valence-electron chi connectivity index (χ4n) is 4.22. The number of benzene rings is 1. The maximum absolute atomic E-state index is 14.6. The van der Waals surface area contributed by atoms with Crippen LogP contribution >= 0.6 is 11.6 Å². The Morgan fingerprint density at radius 1 is 1.17 bits per heavy atom. The summed E-state index contributed by atoms with van der Waals surface area (Å²) >= 11 is 5.65. The van der Waals surface area contributed by atoms with Gasteiger partial charge >= 0.3 is 0 Å². The van der Waals surface area contributed by atoms with Crippen molar-refractivity contribution in [3.05, 3.63) is 34.1 Å². The molecule has 0 spiro atoms. The first-order valence-corrected chi connectivity index (χ1v) is 10.2. The van der Waals surface area contributed by atoms with Crippen LogP contribution in [0, 0.1) is 28.8 Å². The lowest BCUT2D eigenvalue weighted by atomic mass is 9.63. The van der Waals surface area contributed by atoms with Crippen molar-refractivity contribution in [1.82, 2.24) is 5.32 Å². The van der Waals surface area contributed by atoms with Crippen LogP contribution < -0.4 is 5.32 Å². The molecule has 1 aliphatic carbocycles. The molecule has 0 aromatic heterocycles. The maximum atomic E-state index is 14.6. The molecule has 4 nitrogen and oxygen atoms in total. The van der Waals surface area contributed by atoms with Gasteiger partial charge in [-0.25, -0.2) is 13.2 Å². The summed E-state index contributed by atoms with van der Waals surface area (Å²) in [4.78, 5) is 36.0. The molecule has 1 saturated carbocycles. The molecule has 1 N–H and O–H groups in total. The Bertz CT molecular complexity index is 873. The standard InChI is InChI=1S/C22H27ClF3NO3/c1-11(28)22(27-12(2)29)9-13(10-22)17(30)7-6-14(21(3,4)5)18-15(24)8-16(25)19(23)20(18)26/h8,13-14H,6-7,9-10H2,1-5H3,(H,27,29)/t13?,14-,22?/m1/s1. The summed E-state index contributed by atoms with van der Waals surface area (Å²) in [6.45, 7) is 8.01. The summed E-state index contributed by atoms with van der Waals surface area (Å²) in [7, 11) is 0. The first-order chi connectivity index (χ1) is 13.7. The van der Waals surface area contributed by atoms with Gasteiger partial charge in [-0.2, -0.15) is 0 Å². The molecule has 0 saturated heterocycles. The zero-order valence-electron chi connectivity index (χ0n) is 17.8. The van der Waals surface area contributed by atoms with E-state index in [0.717, 1.165) is 0 Å². The molecule has 0 radical (unpaired) electrons. The van der Waals surface area contributed by atoms with Crippen molar-refractivity contribution in [2.24, 2.45) is 11.3 Å². The summed E-state index contributed by atoms with van der Waals surface area (Å²) in [5.41, 5.74) is -1.97. The van der Waals surface area contributed by atoms with Gasteiger partial charge in [0.1, 0.15) is 22.4 Å². The van der Waals surface area contributed by atoms with E-state index in [1.54, 1.807) is 20.8 Å². The molecule has 0 bridgehead atoms. The zero-order valence-corrected chi connectivity index (χ0v) is 18.6. The van der Waals surface area contributed by atoms with Crippen molar-refractivity contribution < 1.29 is 27.6 Å². The number of amides is 1. The number of carbonyl (C=O) groups excluding carboxylic acids is 3. The van der Waals surface area contributed by atoms with Crippen LogP contribution in [-0.4, -0.2) is 23.0 Å². The van der Waals surface area contributed by atoms with Gasteiger partial charge in [0.15, 0.2) is 11.6 Å². The van der Waals surface area contributed by atoms with Gasteiger partial charge < -0.3 is 5.32 Å². The molecule has 8 heteroatoms. The second-order valence-electron chi connectivity index (χ2n) is 9.23. The van der Waals surface area contributed by atoms with E-state index < -0.39 is 45.3 Å². The molecule has 1 atom stereocenters. The van der Waals surface area contributed by atoms with Crippen molar-refractivity contribution in [2.75, 3.05) is 0 Å². The molecular formula is C22H27ClF3NO3. The Labute approximate surface area is 179 Å². The summed E-state index contributed by atoms with van der Waals surface area (Å²) in [6, 6.07) is 0.557. The molecule has 1 aromatic carbocycles. The SMILES string of the molecule is CC(=O)NC1(C(C)=O)CC(C(=O)CC[C@H](c2c(F)cc(F)c(Cl)c2F)C(C)(C)C)C1. The molecule has 1 fully saturated rings. The van der Waals surface area contributed by atoms with E-state index in [0.29, 0.717) is 6.07 Å². The lowest BCUT2D eigenvalue weighted by Gasteiger charge is -2.45. The largest absolute Gasteiger partial charge is 0.344 e. The lowest BCUT2D eigenvalue weighted by molar-refractivity contribution is -0.141. The fourth-order valence-corrected chi connectivity index (χ4v) is 4.38. The van der Waals surface area contributed by atoms with Crippen LogP contribution in [0.1, 0.15) is 71.8 Å². The van der Waals surface area contributed by atoms with Gasteiger partial charge in [0.05, 0.1) is 5.54 Å². The van der Waals surface area contributed by atoms with Crippen molar-refractivity contribution >= 4 is 29.1 Å². The van der Waals surface area contributed by atoms with Gasteiger partial charge in [0, 0.05) is 30.9 Å². The van der Waals surface area contributed by atoms with Crippen molar-refractivity contribution in [3.63, 3.8) is 0 Å². The maximum Gasteiger partial charge on any atom is 0.217 e. The van der Waals surface area contributed by atoms with Crippen LogP contribution in [-0.2, 0) is 14.4 Å². The molecule has 166 valence electrons. The number of hydrogen-bond donors (Lipinski definition) is 1. The fraction of sp³-hybridized carbons (Fsp3) is 0.591. The van der Waals surface area contributed by atoms with Crippen LogP contribution in [0.5, 0.6) is 0 Å². The third kappa shape index (κ3) is 4.88. The van der Waals surface area contributed by atoms with E-state index in [1.807, 2.05) is 0 Å². The molecule has 0 heterocycles. The number of rotatable bonds is 7. The quantitative estimate of drug-likeness (QED) is 0.468.